The Morgan fingerprint density at radius 3 is 2.70 bits per heavy atom. The number of benzene rings is 1. The van der Waals surface area contributed by atoms with E-state index in [1.54, 1.807) is 0 Å². The van der Waals surface area contributed by atoms with E-state index in [4.69, 9.17) is 16.7 Å². The van der Waals surface area contributed by atoms with Crippen molar-refractivity contribution in [2.24, 2.45) is 11.8 Å². The summed E-state index contributed by atoms with van der Waals surface area (Å²) >= 11 is 9.50. The molecule has 3 nitrogen and oxygen atoms in total. The number of nitrogens with one attached hydrogen (secondary N) is 1. The first-order valence-corrected chi connectivity index (χ1v) is 8.11. The van der Waals surface area contributed by atoms with Gasteiger partial charge in [-0.3, -0.25) is 4.79 Å². The van der Waals surface area contributed by atoms with E-state index in [0.717, 1.165) is 53.8 Å². The van der Waals surface area contributed by atoms with Gasteiger partial charge < -0.3 is 10.4 Å². The molecular weight excluding hydrogens is 342 g/mol. The van der Waals surface area contributed by atoms with Gasteiger partial charge in [0.2, 0.25) is 0 Å². The van der Waals surface area contributed by atoms with Crippen molar-refractivity contribution in [1.82, 2.24) is 5.32 Å². The van der Waals surface area contributed by atoms with E-state index >= 15 is 0 Å². The lowest BCUT2D eigenvalue weighted by Crippen LogP contribution is -2.28. The van der Waals surface area contributed by atoms with Crippen molar-refractivity contribution >= 4 is 33.5 Å². The highest BCUT2D eigenvalue weighted by atomic mass is 79.9. The topological polar surface area (TPSA) is 49.3 Å². The van der Waals surface area contributed by atoms with Crippen LogP contribution in [0.5, 0.6) is 0 Å². The molecule has 0 bridgehead atoms. The molecule has 0 aromatic heterocycles. The Kier molecular flexibility index (Phi) is 5.87. The fraction of sp³-hybridized carbons (Fsp3) is 0.533. The average molecular weight is 361 g/mol. The summed E-state index contributed by atoms with van der Waals surface area (Å²) in [6, 6.07) is 5.78. The summed E-state index contributed by atoms with van der Waals surface area (Å²) in [6.45, 7) is 1.71. The predicted molar refractivity (Wildman–Crippen MR) is 83.9 cm³/mol. The normalized spacial score (nSPS) is 22.7. The number of carboxylic acids is 1. The van der Waals surface area contributed by atoms with Crippen molar-refractivity contribution < 1.29 is 9.90 Å². The molecule has 1 aliphatic rings. The minimum atomic E-state index is -0.640. The molecule has 1 aromatic carbocycles. The molecule has 20 heavy (non-hydrogen) atoms. The lowest BCUT2D eigenvalue weighted by molar-refractivity contribution is -0.143. The summed E-state index contributed by atoms with van der Waals surface area (Å²) in [5.74, 6) is -0.184. The maximum absolute atomic E-state index is 10.9. The van der Waals surface area contributed by atoms with Crippen LogP contribution in [0.2, 0.25) is 5.02 Å². The standard InChI is InChI=1S/C15H19BrClNO2/c16-14-6-5-13(17)7-12(14)9-18-8-10-1-3-11(4-2-10)15(19)20/h5-7,10-11,18H,1-4,8-9H2,(H,19,20). The number of carbonyl (C=O) groups is 1. The van der Waals surface area contributed by atoms with Crippen molar-refractivity contribution in [2.75, 3.05) is 6.54 Å². The molecule has 1 aliphatic carbocycles. The number of hydrogen-bond donors (Lipinski definition) is 2. The molecule has 0 amide bonds. The first-order chi connectivity index (χ1) is 9.56. The molecule has 0 radical (unpaired) electrons. The van der Waals surface area contributed by atoms with Crippen LogP contribution in [0.4, 0.5) is 0 Å². The van der Waals surface area contributed by atoms with Crippen LogP contribution in [0.3, 0.4) is 0 Å². The van der Waals surface area contributed by atoms with Crippen LogP contribution in [-0.4, -0.2) is 17.6 Å². The summed E-state index contributed by atoms with van der Waals surface area (Å²) < 4.78 is 1.06. The molecule has 2 rings (SSSR count). The zero-order valence-electron chi connectivity index (χ0n) is 11.2. The number of aliphatic carboxylic acids is 1. The molecule has 1 aromatic rings. The average Bonchev–Trinajstić information content (AvgIpc) is 2.43. The Morgan fingerprint density at radius 2 is 2.05 bits per heavy atom. The van der Waals surface area contributed by atoms with Crippen molar-refractivity contribution in [3.05, 3.63) is 33.3 Å². The lowest BCUT2D eigenvalue weighted by atomic mass is 9.82. The smallest absolute Gasteiger partial charge is 0.306 e. The van der Waals surface area contributed by atoms with Gasteiger partial charge in [0.05, 0.1) is 5.92 Å². The highest BCUT2D eigenvalue weighted by Gasteiger charge is 2.25. The first kappa shape index (κ1) is 15.8. The number of carboxylic acid groups (broad SMARTS) is 1. The minimum absolute atomic E-state index is 0.131. The second-order valence-electron chi connectivity index (χ2n) is 5.42. The van der Waals surface area contributed by atoms with E-state index in [2.05, 4.69) is 21.2 Å². The highest BCUT2D eigenvalue weighted by molar-refractivity contribution is 9.10. The molecular formula is C15H19BrClNO2. The summed E-state index contributed by atoms with van der Waals surface area (Å²) in [5.41, 5.74) is 1.15. The molecule has 1 fully saturated rings. The fourth-order valence-electron chi connectivity index (χ4n) is 2.70. The predicted octanol–water partition coefficient (Wildman–Crippen LogP) is 4.08. The molecule has 2 N–H and O–H groups in total. The lowest BCUT2D eigenvalue weighted by Gasteiger charge is -2.26. The number of halogens is 2. The zero-order valence-corrected chi connectivity index (χ0v) is 13.6. The molecule has 0 spiro atoms. The summed E-state index contributed by atoms with van der Waals surface area (Å²) in [5, 5.41) is 13.2. The third kappa shape index (κ3) is 4.47. The summed E-state index contributed by atoms with van der Waals surface area (Å²) in [4.78, 5) is 10.9. The van der Waals surface area contributed by atoms with Crippen molar-refractivity contribution in [1.29, 1.82) is 0 Å². The monoisotopic (exact) mass is 359 g/mol. The number of rotatable bonds is 5. The van der Waals surface area contributed by atoms with Gasteiger partial charge in [0, 0.05) is 16.0 Å². The summed E-state index contributed by atoms with van der Waals surface area (Å²) in [7, 11) is 0. The van der Waals surface area contributed by atoms with E-state index in [-0.39, 0.29) is 5.92 Å². The minimum Gasteiger partial charge on any atom is -0.481 e. The molecule has 5 heteroatoms. The maximum atomic E-state index is 10.9. The van der Waals surface area contributed by atoms with Gasteiger partial charge in [0.25, 0.3) is 0 Å². The molecule has 1 saturated carbocycles. The van der Waals surface area contributed by atoms with Gasteiger partial charge in [0.1, 0.15) is 0 Å². The Morgan fingerprint density at radius 1 is 1.35 bits per heavy atom. The van der Waals surface area contributed by atoms with E-state index in [9.17, 15) is 4.79 Å². The van der Waals surface area contributed by atoms with Gasteiger partial charge >= 0.3 is 5.97 Å². The largest absolute Gasteiger partial charge is 0.481 e. The van der Waals surface area contributed by atoms with Crippen LogP contribution in [0.15, 0.2) is 22.7 Å². The second-order valence-corrected chi connectivity index (χ2v) is 6.71. The summed E-state index contributed by atoms with van der Waals surface area (Å²) in [6.07, 6.45) is 3.62. The Bertz CT molecular complexity index is 473. The third-order valence-corrected chi connectivity index (χ3v) is 4.96. The van der Waals surface area contributed by atoms with Crippen LogP contribution in [0.25, 0.3) is 0 Å². The van der Waals surface area contributed by atoms with Gasteiger partial charge in [-0.2, -0.15) is 0 Å². The van der Waals surface area contributed by atoms with E-state index in [0.29, 0.717) is 5.92 Å². The van der Waals surface area contributed by atoms with Crippen molar-refractivity contribution in [3.63, 3.8) is 0 Å². The number of hydrogen-bond acceptors (Lipinski definition) is 2. The molecule has 0 aliphatic heterocycles. The molecule has 110 valence electrons. The fourth-order valence-corrected chi connectivity index (χ4v) is 3.28. The van der Waals surface area contributed by atoms with Crippen LogP contribution in [0.1, 0.15) is 31.2 Å². The Hall–Kier alpha value is -0.580. The second kappa shape index (κ2) is 7.43. The van der Waals surface area contributed by atoms with E-state index in [1.807, 2.05) is 18.2 Å². The van der Waals surface area contributed by atoms with Crippen molar-refractivity contribution in [2.45, 2.75) is 32.2 Å². The quantitative estimate of drug-likeness (QED) is 0.831. The molecule has 0 atom stereocenters. The van der Waals surface area contributed by atoms with E-state index < -0.39 is 5.97 Å². The Labute approximate surface area is 132 Å². The van der Waals surface area contributed by atoms with Gasteiger partial charge in [-0.05, 0) is 61.9 Å². The molecule has 0 heterocycles. The first-order valence-electron chi connectivity index (χ1n) is 6.93. The SMILES string of the molecule is O=C(O)C1CCC(CNCc2cc(Cl)ccc2Br)CC1. The molecule has 0 saturated heterocycles. The zero-order chi connectivity index (χ0) is 14.5. The third-order valence-electron chi connectivity index (χ3n) is 3.95. The maximum Gasteiger partial charge on any atom is 0.306 e. The van der Waals surface area contributed by atoms with Gasteiger partial charge in [-0.1, -0.05) is 27.5 Å². The van der Waals surface area contributed by atoms with Gasteiger partial charge in [-0.15, -0.1) is 0 Å². The highest BCUT2D eigenvalue weighted by Crippen LogP contribution is 2.28. The van der Waals surface area contributed by atoms with E-state index in [1.165, 1.54) is 0 Å². The van der Waals surface area contributed by atoms with Crippen LogP contribution in [0, 0.1) is 11.8 Å². The van der Waals surface area contributed by atoms with Gasteiger partial charge in [-0.25, -0.2) is 0 Å². The Balaban J connectivity index is 1.74. The van der Waals surface area contributed by atoms with Crippen LogP contribution >= 0.6 is 27.5 Å². The van der Waals surface area contributed by atoms with Crippen LogP contribution < -0.4 is 5.32 Å². The molecule has 0 unspecified atom stereocenters. The van der Waals surface area contributed by atoms with Crippen molar-refractivity contribution in [3.8, 4) is 0 Å². The van der Waals surface area contributed by atoms with Crippen LogP contribution in [-0.2, 0) is 11.3 Å². The van der Waals surface area contributed by atoms with Gasteiger partial charge in [0.15, 0.2) is 0 Å².